The van der Waals surface area contributed by atoms with E-state index in [0.717, 1.165) is 29.7 Å². The van der Waals surface area contributed by atoms with Crippen LogP contribution in [0, 0.1) is 20.4 Å². The number of benzene rings is 3. The molecule has 15 nitrogen and oxygen atoms in total. The van der Waals surface area contributed by atoms with Crippen molar-refractivity contribution in [3.05, 3.63) is 111 Å². The summed E-state index contributed by atoms with van der Waals surface area (Å²) >= 11 is 11.8. The van der Waals surface area contributed by atoms with Gasteiger partial charge in [0.2, 0.25) is 22.2 Å². The van der Waals surface area contributed by atoms with Gasteiger partial charge in [0.15, 0.2) is 23.6 Å². The van der Waals surface area contributed by atoms with Crippen LogP contribution in [-0.4, -0.2) is 79.8 Å². The Morgan fingerprint density at radius 3 is 2.42 bits per heavy atom. The predicted molar refractivity (Wildman–Crippen MR) is 229 cm³/mol. The molecule has 2 N–H and O–H groups in total. The number of aryl methyl sites for hydroxylation is 2. The summed E-state index contributed by atoms with van der Waals surface area (Å²) in [6.45, 7) is 19.7. The van der Waals surface area contributed by atoms with E-state index in [9.17, 15) is 9.59 Å². The Labute approximate surface area is 352 Å². The molecular formula is C42H43Cl2N11O4. The third-order valence-corrected chi connectivity index (χ3v) is 9.59. The number of hydrogen-bond donors (Lipinski definition) is 2. The monoisotopic (exact) mass is 835 g/mol. The molecule has 0 spiro atoms. The van der Waals surface area contributed by atoms with Crippen molar-refractivity contribution >= 4 is 69.5 Å². The highest BCUT2D eigenvalue weighted by atomic mass is 35.5. The quantitative estimate of drug-likeness (QED) is 0.0683. The number of carbonyl (C=O) groups is 2. The van der Waals surface area contributed by atoms with Crippen LogP contribution in [0.15, 0.2) is 77.4 Å². The number of aromatic nitrogens is 6. The van der Waals surface area contributed by atoms with Crippen molar-refractivity contribution in [2.45, 2.75) is 60.0 Å². The van der Waals surface area contributed by atoms with Gasteiger partial charge in [0.05, 0.1) is 18.9 Å². The molecule has 0 radical (unpaired) electrons. The smallest absolute Gasteiger partial charge is 0.331 e. The number of allylic oxidation sites excluding steroid dienone is 1. The molecule has 304 valence electrons. The third kappa shape index (κ3) is 10.2. The Kier molecular flexibility index (Phi) is 13.9. The molecule has 1 aliphatic heterocycles. The number of likely N-dealkylation sites (N-methyl/N-ethyl adjacent to an activating group) is 1. The lowest BCUT2D eigenvalue weighted by Crippen LogP contribution is -2.33. The molecule has 3 heterocycles. The summed E-state index contributed by atoms with van der Waals surface area (Å²) in [5, 5.41) is 10.8. The van der Waals surface area contributed by atoms with Crippen molar-refractivity contribution in [2.75, 3.05) is 41.8 Å². The van der Waals surface area contributed by atoms with E-state index in [-0.39, 0.29) is 57.8 Å². The first-order chi connectivity index (χ1) is 28.5. The molecule has 6 rings (SSSR count). The second-order valence-electron chi connectivity index (χ2n) is 13.5. The molecule has 0 saturated carbocycles. The van der Waals surface area contributed by atoms with E-state index in [1.165, 1.54) is 4.68 Å². The van der Waals surface area contributed by atoms with Gasteiger partial charge in [0.1, 0.15) is 11.3 Å². The fraction of sp³-hybridized carbons (Fsp3) is 0.310. The maximum Gasteiger partial charge on any atom is 0.331 e. The molecule has 2 aromatic heterocycles. The van der Waals surface area contributed by atoms with Gasteiger partial charge >= 0.3 is 5.97 Å². The molecule has 1 amide bonds. The third-order valence-electron chi connectivity index (χ3n) is 9.25. The highest BCUT2D eigenvalue weighted by molar-refractivity contribution is 6.31. The van der Waals surface area contributed by atoms with Crippen molar-refractivity contribution in [1.29, 1.82) is 0 Å². The lowest BCUT2D eigenvalue weighted by atomic mass is 10.1. The molecule has 17 heteroatoms. The molecule has 1 atom stereocenters. The minimum Gasteiger partial charge on any atom is -0.480 e. The van der Waals surface area contributed by atoms with E-state index >= 15 is 0 Å². The zero-order valence-corrected chi connectivity index (χ0v) is 34.8. The lowest BCUT2D eigenvalue weighted by Gasteiger charge is -2.23. The second kappa shape index (κ2) is 19.4. The summed E-state index contributed by atoms with van der Waals surface area (Å²) in [4.78, 5) is 54.1. The van der Waals surface area contributed by atoms with Crippen LogP contribution in [0.25, 0.3) is 21.8 Å². The number of hydrogen-bond acceptors (Lipinski definition) is 12. The number of rotatable bonds is 17. The molecule has 0 aliphatic carbocycles. The molecule has 0 saturated heterocycles. The normalized spacial score (nSPS) is 13.2. The summed E-state index contributed by atoms with van der Waals surface area (Å²) in [5.74, 6) is 0.463. The number of esters is 1. The zero-order valence-electron chi connectivity index (χ0n) is 33.3. The standard InChI is InChI=1S/C42H43Cl2N11O4/c1-7-10-14-32(59-31-20-15-25(4)23-26(31)5)38(56)48-29-13-11-12-27(24-29)35-49-36-33(39(57)58-9-3)34(45-6)37(55(36)53-35)47-28-16-18-30(19-17-28)54(8-2)22-21-46-42-51-40(43)50-41(44)52-42/h11-13,15-20,23-24,32H,7-10,14,21-22H2,1-5H3,(H,48,56)(H,46,50,51,52). The fourth-order valence-corrected chi connectivity index (χ4v) is 6.74. The molecule has 1 aliphatic rings. The van der Waals surface area contributed by atoms with E-state index in [4.69, 9.17) is 54.3 Å². The number of ether oxygens (including phenoxy) is 2. The van der Waals surface area contributed by atoms with Crippen LogP contribution in [0.1, 0.15) is 57.0 Å². The number of unbranched alkanes of at least 4 members (excludes halogenated alkanes) is 1. The SMILES string of the molecule is [C-]#[N+]C1=C(C(=O)OCC)c2nc(-c3cccc(NC(=O)C(CCCC)Oc4ccc(C)cc4C)c3)nn2C1=Nc1ccc(N(CC)CCNc2nc(Cl)nc(Cl)n2)cc1. The fourth-order valence-electron chi connectivity index (χ4n) is 6.37. The summed E-state index contributed by atoms with van der Waals surface area (Å²) in [6.07, 6.45) is 1.57. The van der Waals surface area contributed by atoms with Gasteiger partial charge in [0, 0.05) is 36.6 Å². The van der Waals surface area contributed by atoms with Gasteiger partial charge < -0.3 is 25.0 Å². The van der Waals surface area contributed by atoms with E-state index in [1.54, 1.807) is 31.2 Å². The van der Waals surface area contributed by atoms with Gasteiger partial charge in [-0.3, -0.25) is 4.79 Å². The van der Waals surface area contributed by atoms with E-state index in [2.05, 4.69) is 42.3 Å². The summed E-state index contributed by atoms with van der Waals surface area (Å²) in [5.41, 5.74) is 4.53. The van der Waals surface area contributed by atoms with Crippen molar-refractivity contribution in [1.82, 2.24) is 29.7 Å². The van der Waals surface area contributed by atoms with Crippen LogP contribution in [0.5, 0.6) is 5.75 Å². The van der Waals surface area contributed by atoms with Crippen LogP contribution in [0.2, 0.25) is 10.6 Å². The van der Waals surface area contributed by atoms with Gasteiger partial charge in [-0.1, -0.05) is 43.2 Å². The second-order valence-corrected chi connectivity index (χ2v) is 14.1. The predicted octanol–water partition coefficient (Wildman–Crippen LogP) is 8.35. The summed E-state index contributed by atoms with van der Waals surface area (Å²) < 4.78 is 13.0. The van der Waals surface area contributed by atoms with E-state index in [0.29, 0.717) is 48.7 Å². The van der Waals surface area contributed by atoms with Crippen LogP contribution in [-0.2, 0) is 14.3 Å². The number of nitrogens with one attached hydrogen (secondary N) is 2. The maximum atomic E-state index is 13.6. The molecule has 5 aromatic rings. The number of fused-ring (bicyclic) bond motifs is 1. The Hall–Kier alpha value is -6.37. The average molecular weight is 837 g/mol. The largest absolute Gasteiger partial charge is 0.480 e. The number of halogens is 2. The Balaban J connectivity index is 1.24. The Morgan fingerprint density at radius 2 is 1.75 bits per heavy atom. The molecule has 59 heavy (non-hydrogen) atoms. The van der Waals surface area contributed by atoms with E-state index < -0.39 is 12.1 Å². The van der Waals surface area contributed by atoms with Crippen molar-refractivity contribution in [3.63, 3.8) is 0 Å². The average Bonchev–Trinajstić information content (AvgIpc) is 3.76. The van der Waals surface area contributed by atoms with Gasteiger partial charge in [-0.05, 0) is 112 Å². The van der Waals surface area contributed by atoms with Crippen molar-refractivity contribution in [2.24, 2.45) is 4.99 Å². The van der Waals surface area contributed by atoms with Gasteiger partial charge in [-0.15, -0.1) is 5.10 Å². The first-order valence-corrected chi connectivity index (χ1v) is 19.9. The molecule has 0 bridgehead atoms. The highest BCUT2D eigenvalue weighted by Crippen LogP contribution is 2.33. The highest BCUT2D eigenvalue weighted by Gasteiger charge is 2.37. The summed E-state index contributed by atoms with van der Waals surface area (Å²) in [6, 6.07) is 20.4. The van der Waals surface area contributed by atoms with Crippen LogP contribution >= 0.6 is 23.2 Å². The van der Waals surface area contributed by atoms with Gasteiger partial charge in [-0.2, -0.15) is 15.0 Å². The first-order valence-electron chi connectivity index (χ1n) is 19.2. The lowest BCUT2D eigenvalue weighted by molar-refractivity contribution is -0.136. The number of amides is 1. The van der Waals surface area contributed by atoms with E-state index in [1.807, 2.05) is 63.2 Å². The Bertz CT molecular complexity index is 2420. The van der Waals surface area contributed by atoms with Crippen molar-refractivity contribution in [3.8, 4) is 17.1 Å². The van der Waals surface area contributed by atoms with Gasteiger partial charge in [-0.25, -0.2) is 24.3 Å². The minimum atomic E-state index is -0.712. The maximum absolute atomic E-state index is 13.6. The first kappa shape index (κ1) is 42.2. The summed E-state index contributed by atoms with van der Waals surface area (Å²) in [7, 11) is 0. The number of anilines is 3. The van der Waals surface area contributed by atoms with Gasteiger partial charge in [0.25, 0.3) is 5.91 Å². The van der Waals surface area contributed by atoms with Crippen molar-refractivity contribution < 1.29 is 19.1 Å². The topological polar surface area (TPSA) is 166 Å². The molecule has 1 unspecified atom stereocenters. The minimum absolute atomic E-state index is 0.000778. The molecule has 3 aromatic carbocycles. The molecular weight excluding hydrogens is 793 g/mol. The van der Waals surface area contributed by atoms with Crippen LogP contribution in [0.3, 0.4) is 0 Å². The van der Waals surface area contributed by atoms with Crippen LogP contribution in [0.4, 0.5) is 23.0 Å². The number of carbonyl (C=O) groups excluding carboxylic acids is 2. The molecule has 0 fully saturated rings. The Morgan fingerprint density at radius 1 is 0.983 bits per heavy atom. The number of nitrogens with zero attached hydrogens (tertiary/aromatic N) is 9. The zero-order chi connectivity index (χ0) is 42.1. The number of aliphatic imine (C=N–C) groups is 1. The van der Waals surface area contributed by atoms with Crippen LogP contribution < -0.4 is 20.3 Å².